The molecule has 23 heavy (non-hydrogen) atoms. The van der Waals surface area contributed by atoms with Crippen molar-refractivity contribution < 1.29 is 23.0 Å². The Kier molecular flexibility index (Phi) is 6.55. The summed E-state index contributed by atoms with van der Waals surface area (Å²) in [5.74, 6) is 0.207. The van der Waals surface area contributed by atoms with E-state index in [1.54, 1.807) is 24.3 Å². The Bertz CT molecular complexity index is 610. The van der Waals surface area contributed by atoms with Crippen LogP contribution in [0.3, 0.4) is 0 Å². The number of ether oxygens (including phenoxy) is 2. The molecule has 8 heteroatoms. The Morgan fingerprint density at radius 2 is 2.17 bits per heavy atom. The van der Waals surface area contributed by atoms with E-state index >= 15 is 0 Å². The fourth-order valence-electron chi connectivity index (χ4n) is 2.22. The Morgan fingerprint density at radius 3 is 2.78 bits per heavy atom. The Hall–Kier alpha value is -0.990. The minimum atomic E-state index is -2.61. The lowest BCUT2D eigenvalue weighted by molar-refractivity contribution is -0.129. The van der Waals surface area contributed by atoms with Crippen molar-refractivity contribution >= 4 is 43.5 Å². The van der Waals surface area contributed by atoms with E-state index in [1.807, 2.05) is 0 Å². The van der Waals surface area contributed by atoms with Crippen molar-refractivity contribution in [2.24, 2.45) is 0 Å². The summed E-state index contributed by atoms with van der Waals surface area (Å²) in [6.07, 6.45) is -0.385. The van der Waals surface area contributed by atoms with Gasteiger partial charge in [-0.3, -0.25) is 4.79 Å². The molecular formula is C15H15Br2F2NO3. The van der Waals surface area contributed by atoms with Crippen LogP contribution in [-0.2, 0) is 9.53 Å². The normalized spacial score (nSPS) is 18.3. The van der Waals surface area contributed by atoms with Crippen LogP contribution in [0.1, 0.15) is 12.0 Å². The summed E-state index contributed by atoms with van der Waals surface area (Å²) in [7, 11) is 1.51. The summed E-state index contributed by atoms with van der Waals surface area (Å²) in [5, 5.41) is 0. The Morgan fingerprint density at radius 1 is 1.43 bits per heavy atom. The van der Waals surface area contributed by atoms with E-state index < -0.39 is 17.8 Å². The van der Waals surface area contributed by atoms with Gasteiger partial charge in [-0.25, -0.2) is 8.78 Å². The maximum Gasteiger partial charge on any atom is 0.256 e. The fourth-order valence-corrected chi connectivity index (χ4v) is 3.21. The molecule has 1 aliphatic heterocycles. The van der Waals surface area contributed by atoms with Crippen LogP contribution >= 0.6 is 31.9 Å². The highest BCUT2D eigenvalue weighted by Crippen LogP contribution is 2.35. The molecule has 1 aliphatic rings. The average Bonchev–Trinajstić information content (AvgIpc) is 2.50. The lowest BCUT2D eigenvalue weighted by atomic mass is 10.0. The maximum absolute atomic E-state index is 12.8. The summed E-state index contributed by atoms with van der Waals surface area (Å²) < 4.78 is 36.5. The SMILES string of the molecule is COCOc1ccc(C2=CCC(Br)C(=O)N2CC(F)F)c(Br)c1. The molecule has 126 valence electrons. The van der Waals surface area contributed by atoms with Gasteiger partial charge in [0.2, 0.25) is 5.91 Å². The lowest BCUT2D eigenvalue weighted by Gasteiger charge is -2.31. The van der Waals surface area contributed by atoms with Gasteiger partial charge < -0.3 is 14.4 Å². The average molecular weight is 455 g/mol. The van der Waals surface area contributed by atoms with Gasteiger partial charge >= 0.3 is 0 Å². The number of allylic oxidation sites excluding steroid dienone is 1. The maximum atomic E-state index is 12.8. The molecule has 1 amide bonds. The first kappa shape index (κ1) is 18.4. The summed E-state index contributed by atoms with van der Waals surface area (Å²) >= 11 is 6.62. The highest BCUT2D eigenvalue weighted by Gasteiger charge is 2.31. The van der Waals surface area contributed by atoms with Gasteiger partial charge in [-0.1, -0.05) is 22.0 Å². The van der Waals surface area contributed by atoms with Gasteiger partial charge in [0, 0.05) is 22.8 Å². The number of nitrogens with zero attached hydrogens (tertiary/aromatic N) is 1. The third-order valence-corrected chi connectivity index (χ3v) is 4.65. The topological polar surface area (TPSA) is 38.8 Å². The monoisotopic (exact) mass is 453 g/mol. The zero-order chi connectivity index (χ0) is 17.0. The van der Waals surface area contributed by atoms with Crippen LogP contribution in [0, 0.1) is 0 Å². The molecule has 1 unspecified atom stereocenters. The van der Waals surface area contributed by atoms with Gasteiger partial charge in [0.05, 0.1) is 11.4 Å². The van der Waals surface area contributed by atoms with Gasteiger partial charge in [-0.2, -0.15) is 0 Å². The predicted octanol–water partition coefficient (Wildman–Crippen LogP) is 4.03. The molecule has 0 saturated heterocycles. The third-order valence-electron chi connectivity index (χ3n) is 3.22. The largest absolute Gasteiger partial charge is 0.468 e. The number of alkyl halides is 3. The summed E-state index contributed by atoms with van der Waals surface area (Å²) in [6, 6.07) is 5.13. The molecule has 1 heterocycles. The summed E-state index contributed by atoms with van der Waals surface area (Å²) in [4.78, 5) is 12.8. The first-order valence-corrected chi connectivity index (χ1v) is 8.50. The molecule has 1 aromatic carbocycles. The first-order chi connectivity index (χ1) is 10.9. The minimum absolute atomic E-state index is 0.107. The van der Waals surface area contributed by atoms with Crippen LogP contribution in [0.4, 0.5) is 8.78 Å². The number of rotatable bonds is 6. The second kappa shape index (κ2) is 8.21. The minimum Gasteiger partial charge on any atom is -0.468 e. The number of amides is 1. The molecule has 0 N–H and O–H groups in total. The standard InChI is InChI=1S/C15H15Br2F2NO3/c1-22-8-23-9-2-3-10(12(17)6-9)13-5-4-11(16)15(21)20(13)7-14(18)19/h2-3,5-6,11,14H,4,7-8H2,1H3. The summed E-state index contributed by atoms with van der Waals surface area (Å²) in [5.41, 5.74) is 1.12. The van der Waals surface area contributed by atoms with Gasteiger partial charge in [0.25, 0.3) is 6.43 Å². The summed E-state index contributed by atoms with van der Waals surface area (Å²) in [6.45, 7) is -0.531. The first-order valence-electron chi connectivity index (χ1n) is 6.79. The second-order valence-electron chi connectivity index (χ2n) is 4.83. The van der Waals surface area contributed by atoms with E-state index in [0.29, 0.717) is 27.9 Å². The quantitative estimate of drug-likeness (QED) is 0.481. The number of benzene rings is 1. The van der Waals surface area contributed by atoms with Gasteiger partial charge in [0.15, 0.2) is 6.79 Å². The number of halogens is 4. The number of carbonyl (C=O) groups is 1. The zero-order valence-corrected chi connectivity index (χ0v) is 15.4. The van der Waals surface area contributed by atoms with Crippen LogP contribution in [0.2, 0.25) is 0 Å². The molecule has 0 aliphatic carbocycles. The molecule has 0 fully saturated rings. The smallest absolute Gasteiger partial charge is 0.256 e. The fraction of sp³-hybridized carbons (Fsp3) is 0.400. The van der Waals surface area contributed by atoms with Crippen molar-refractivity contribution in [2.45, 2.75) is 17.7 Å². The van der Waals surface area contributed by atoms with E-state index in [4.69, 9.17) is 9.47 Å². The molecule has 1 aromatic rings. The number of methoxy groups -OCH3 is 1. The molecule has 0 spiro atoms. The number of hydrogen-bond acceptors (Lipinski definition) is 3. The van der Waals surface area contributed by atoms with E-state index in [9.17, 15) is 13.6 Å². The molecule has 0 saturated carbocycles. The third kappa shape index (κ3) is 4.51. The Balaban J connectivity index is 2.32. The molecule has 1 atom stereocenters. The Labute approximate surface area is 149 Å². The van der Waals surface area contributed by atoms with Crippen LogP contribution < -0.4 is 4.74 Å². The van der Waals surface area contributed by atoms with Crippen molar-refractivity contribution in [1.29, 1.82) is 0 Å². The second-order valence-corrected chi connectivity index (χ2v) is 6.78. The van der Waals surface area contributed by atoms with Crippen LogP contribution in [0.25, 0.3) is 5.70 Å². The van der Waals surface area contributed by atoms with Gasteiger partial charge in [-0.05, 0) is 40.5 Å². The van der Waals surface area contributed by atoms with E-state index in [-0.39, 0.29) is 12.7 Å². The van der Waals surface area contributed by atoms with E-state index in [1.165, 1.54) is 7.11 Å². The molecular weight excluding hydrogens is 440 g/mol. The molecule has 2 rings (SSSR count). The predicted molar refractivity (Wildman–Crippen MR) is 89.7 cm³/mol. The molecule has 0 aromatic heterocycles. The highest BCUT2D eigenvalue weighted by molar-refractivity contribution is 9.10. The zero-order valence-electron chi connectivity index (χ0n) is 12.3. The van der Waals surface area contributed by atoms with Gasteiger partial charge in [-0.15, -0.1) is 0 Å². The molecule has 4 nitrogen and oxygen atoms in total. The highest BCUT2D eigenvalue weighted by atomic mass is 79.9. The van der Waals surface area contributed by atoms with Crippen molar-refractivity contribution in [1.82, 2.24) is 4.90 Å². The van der Waals surface area contributed by atoms with E-state index in [2.05, 4.69) is 31.9 Å². The van der Waals surface area contributed by atoms with Crippen LogP contribution in [0.15, 0.2) is 28.7 Å². The lowest BCUT2D eigenvalue weighted by Crippen LogP contribution is -2.41. The molecule has 0 radical (unpaired) electrons. The van der Waals surface area contributed by atoms with Crippen molar-refractivity contribution in [3.8, 4) is 5.75 Å². The van der Waals surface area contributed by atoms with Gasteiger partial charge in [0.1, 0.15) is 5.75 Å². The number of hydrogen-bond donors (Lipinski definition) is 0. The molecule has 0 bridgehead atoms. The van der Waals surface area contributed by atoms with E-state index in [0.717, 1.165) is 4.90 Å². The van der Waals surface area contributed by atoms with Crippen LogP contribution in [-0.4, -0.2) is 42.5 Å². The van der Waals surface area contributed by atoms with Crippen molar-refractivity contribution in [3.05, 3.63) is 34.3 Å². The number of carbonyl (C=O) groups excluding carboxylic acids is 1. The van der Waals surface area contributed by atoms with Crippen molar-refractivity contribution in [2.75, 3.05) is 20.4 Å². The van der Waals surface area contributed by atoms with Crippen molar-refractivity contribution in [3.63, 3.8) is 0 Å². The van der Waals surface area contributed by atoms with Crippen LogP contribution in [0.5, 0.6) is 5.75 Å².